The van der Waals surface area contributed by atoms with Crippen LogP contribution in [0.3, 0.4) is 0 Å². The summed E-state index contributed by atoms with van der Waals surface area (Å²) in [6.45, 7) is 6.58. The smallest absolute Gasteiger partial charge is 0.0209 e. The molecule has 60 valence electrons. The van der Waals surface area contributed by atoms with Gasteiger partial charge >= 0.3 is 0 Å². The van der Waals surface area contributed by atoms with Gasteiger partial charge in [-0.3, -0.25) is 4.90 Å². The highest BCUT2D eigenvalue weighted by Gasteiger charge is 2.12. The minimum Gasteiger partial charge on any atom is -0.329 e. The van der Waals surface area contributed by atoms with Gasteiger partial charge in [-0.15, -0.1) is 0 Å². The van der Waals surface area contributed by atoms with E-state index in [0.717, 1.165) is 13.1 Å². The third-order valence-corrected chi connectivity index (χ3v) is 2.73. The predicted octanol–water partition coefficient (Wildman–Crippen LogP) is -0.0873. The first-order valence-corrected chi connectivity index (χ1v) is 4.62. The van der Waals surface area contributed by atoms with Crippen molar-refractivity contribution in [3.63, 3.8) is 0 Å². The molecule has 10 heavy (non-hydrogen) atoms. The van der Waals surface area contributed by atoms with E-state index in [1.807, 2.05) is 0 Å². The number of nitrogens with zero attached hydrogens (tertiary/aromatic N) is 2. The number of hydrogen-bond acceptors (Lipinski definition) is 3. The number of piperazine rings is 1. The largest absolute Gasteiger partial charge is 0.329 e. The molecule has 4 heteroatoms. The Morgan fingerprint density at radius 1 is 1.20 bits per heavy atom. The molecule has 3 nitrogen and oxygen atoms in total. The summed E-state index contributed by atoms with van der Waals surface area (Å²) in [5, 5.41) is 0. The van der Waals surface area contributed by atoms with E-state index in [0.29, 0.717) is 0 Å². The van der Waals surface area contributed by atoms with Gasteiger partial charge in [-0.2, -0.15) is 0 Å². The molecule has 0 saturated carbocycles. The second-order valence-corrected chi connectivity index (χ2v) is 3.90. The second-order valence-electron chi connectivity index (χ2n) is 2.54. The van der Waals surface area contributed by atoms with Gasteiger partial charge in [0.2, 0.25) is 0 Å². The lowest BCUT2D eigenvalue weighted by atomic mass is 10.3. The van der Waals surface area contributed by atoms with Crippen LogP contribution in [0.5, 0.6) is 0 Å². The molecular formula is C6H14IN3. The van der Waals surface area contributed by atoms with Crippen molar-refractivity contribution in [2.75, 3.05) is 39.3 Å². The molecule has 1 saturated heterocycles. The molecule has 0 atom stereocenters. The lowest BCUT2D eigenvalue weighted by Crippen LogP contribution is -2.43. The topological polar surface area (TPSA) is 32.5 Å². The van der Waals surface area contributed by atoms with Crippen LogP contribution in [0.1, 0.15) is 0 Å². The molecular weight excluding hydrogens is 241 g/mol. The molecule has 0 amide bonds. The van der Waals surface area contributed by atoms with Crippen molar-refractivity contribution in [3.05, 3.63) is 0 Å². The van der Waals surface area contributed by atoms with Crippen molar-refractivity contribution < 1.29 is 0 Å². The van der Waals surface area contributed by atoms with Gasteiger partial charge in [0.05, 0.1) is 0 Å². The van der Waals surface area contributed by atoms with E-state index in [-0.39, 0.29) is 0 Å². The summed E-state index contributed by atoms with van der Waals surface area (Å²) in [6, 6.07) is 0. The third kappa shape index (κ3) is 2.69. The molecule has 1 heterocycles. The van der Waals surface area contributed by atoms with Crippen molar-refractivity contribution in [2.24, 2.45) is 5.73 Å². The van der Waals surface area contributed by atoms with Crippen LogP contribution in [0.15, 0.2) is 0 Å². The fourth-order valence-corrected chi connectivity index (χ4v) is 1.56. The van der Waals surface area contributed by atoms with E-state index in [9.17, 15) is 0 Å². The number of halogens is 1. The number of rotatable bonds is 2. The average molecular weight is 255 g/mol. The first kappa shape index (κ1) is 8.70. The highest BCUT2D eigenvalue weighted by atomic mass is 127. The van der Waals surface area contributed by atoms with Crippen LogP contribution in [0.25, 0.3) is 0 Å². The second kappa shape index (κ2) is 4.48. The Bertz CT molecular complexity index is 91.0. The zero-order valence-electron chi connectivity index (χ0n) is 6.09. The SMILES string of the molecule is NCCN1CCN(I)CC1. The summed E-state index contributed by atoms with van der Waals surface area (Å²) in [4.78, 5) is 2.41. The Morgan fingerprint density at radius 3 is 2.30 bits per heavy atom. The number of hydrogen-bond donors (Lipinski definition) is 1. The average Bonchev–Trinajstić information content (AvgIpc) is 1.95. The van der Waals surface area contributed by atoms with Gasteiger partial charge in [-0.05, 0) is 0 Å². The predicted molar refractivity (Wildman–Crippen MR) is 51.1 cm³/mol. The van der Waals surface area contributed by atoms with Crippen LogP contribution in [0.2, 0.25) is 0 Å². The third-order valence-electron chi connectivity index (χ3n) is 1.76. The fraction of sp³-hybridized carbons (Fsp3) is 1.00. The van der Waals surface area contributed by atoms with E-state index in [4.69, 9.17) is 5.73 Å². The molecule has 0 bridgehead atoms. The van der Waals surface area contributed by atoms with Gasteiger partial charge < -0.3 is 5.73 Å². The van der Waals surface area contributed by atoms with Gasteiger partial charge in [0.15, 0.2) is 0 Å². The standard InChI is InChI=1S/C6H14IN3/c7-10-5-3-9(2-1-8)4-6-10/h1-6,8H2. The van der Waals surface area contributed by atoms with Crippen molar-refractivity contribution in [1.29, 1.82) is 0 Å². The van der Waals surface area contributed by atoms with E-state index < -0.39 is 0 Å². The molecule has 1 fully saturated rings. The minimum atomic E-state index is 0.793. The van der Waals surface area contributed by atoms with Gasteiger partial charge in [-0.25, -0.2) is 3.11 Å². The van der Waals surface area contributed by atoms with Crippen LogP contribution in [0.4, 0.5) is 0 Å². The summed E-state index contributed by atoms with van der Waals surface area (Å²) >= 11 is 2.37. The van der Waals surface area contributed by atoms with E-state index in [2.05, 4.69) is 30.9 Å². The molecule has 0 aliphatic carbocycles. The zero-order chi connectivity index (χ0) is 7.40. The molecule has 1 rings (SSSR count). The van der Waals surface area contributed by atoms with Gasteiger partial charge in [-0.1, -0.05) is 0 Å². The maximum atomic E-state index is 5.44. The van der Waals surface area contributed by atoms with Crippen LogP contribution in [-0.4, -0.2) is 47.3 Å². The quantitative estimate of drug-likeness (QED) is 0.553. The molecule has 0 aromatic heterocycles. The van der Waals surface area contributed by atoms with Gasteiger partial charge in [0.25, 0.3) is 0 Å². The van der Waals surface area contributed by atoms with Crippen LogP contribution in [0, 0.1) is 0 Å². The Hall–Kier alpha value is 0.610. The fourth-order valence-electron chi connectivity index (χ4n) is 1.13. The zero-order valence-corrected chi connectivity index (χ0v) is 8.25. The van der Waals surface area contributed by atoms with E-state index >= 15 is 0 Å². The van der Waals surface area contributed by atoms with Crippen LogP contribution >= 0.6 is 22.9 Å². The Morgan fingerprint density at radius 2 is 1.80 bits per heavy atom. The summed E-state index contributed by atoms with van der Waals surface area (Å²) in [5.41, 5.74) is 5.44. The minimum absolute atomic E-state index is 0.793. The summed E-state index contributed by atoms with van der Waals surface area (Å²) < 4.78 is 2.32. The monoisotopic (exact) mass is 255 g/mol. The van der Waals surface area contributed by atoms with Crippen molar-refractivity contribution in [2.45, 2.75) is 0 Å². The Kier molecular flexibility index (Phi) is 3.90. The lowest BCUT2D eigenvalue weighted by molar-refractivity contribution is 0.211. The Labute approximate surface area is 76.0 Å². The highest BCUT2D eigenvalue weighted by Crippen LogP contribution is 2.04. The molecule has 1 aliphatic rings. The lowest BCUT2D eigenvalue weighted by Gasteiger charge is -2.30. The van der Waals surface area contributed by atoms with Crippen molar-refractivity contribution >= 4 is 22.9 Å². The van der Waals surface area contributed by atoms with Crippen LogP contribution in [-0.2, 0) is 0 Å². The maximum absolute atomic E-state index is 5.44. The van der Waals surface area contributed by atoms with E-state index in [1.165, 1.54) is 26.2 Å². The van der Waals surface area contributed by atoms with Gasteiger partial charge in [0, 0.05) is 62.1 Å². The normalized spacial score (nSPS) is 23.4. The molecule has 0 aromatic rings. The molecule has 0 aromatic carbocycles. The Balaban J connectivity index is 2.13. The molecule has 0 radical (unpaired) electrons. The van der Waals surface area contributed by atoms with Crippen molar-refractivity contribution in [3.8, 4) is 0 Å². The maximum Gasteiger partial charge on any atom is 0.0209 e. The van der Waals surface area contributed by atoms with Crippen molar-refractivity contribution in [1.82, 2.24) is 8.01 Å². The summed E-state index contributed by atoms with van der Waals surface area (Å²) in [6.07, 6.45) is 0. The molecule has 0 spiro atoms. The first-order valence-electron chi connectivity index (χ1n) is 3.66. The van der Waals surface area contributed by atoms with Crippen LogP contribution < -0.4 is 5.73 Å². The summed E-state index contributed by atoms with van der Waals surface area (Å²) in [5.74, 6) is 0. The first-order chi connectivity index (χ1) is 4.83. The van der Waals surface area contributed by atoms with Gasteiger partial charge in [0.1, 0.15) is 0 Å². The number of nitrogens with two attached hydrogens (primary N) is 1. The molecule has 1 aliphatic heterocycles. The molecule has 2 N–H and O–H groups in total. The highest BCUT2D eigenvalue weighted by molar-refractivity contribution is 14.1. The van der Waals surface area contributed by atoms with E-state index in [1.54, 1.807) is 0 Å². The summed E-state index contributed by atoms with van der Waals surface area (Å²) in [7, 11) is 0. The molecule has 0 unspecified atom stereocenters.